The SMILES string of the molecule is Cc1cc2c(cc1OCCC1CC1)CC1(CCC1)n1cc(C(=O)O)c(=O)cc1-2. The van der Waals surface area contributed by atoms with Gasteiger partial charge >= 0.3 is 5.97 Å². The van der Waals surface area contributed by atoms with Gasteiger partial charge in [0.15, 0.2) is 5.43 Å². The molecular formula is C23H25NO4. The van der Waals surface area contributed by atoms with E-state index in [-0.39, 0.29) is 11.1 Å². The molecule has 146 valence electrons. The van der Waals surface area contributed by atoms with Crippen molar-refractivity contribution in [2.75, 3.05) is 6.61 Å². The summed E-state index contributed by atoms with van der Waals surface area (Å²) in [5.74, 6) is 0.626. The van der Waals surface area contributed by atoms with Crippen molar-refractivity contribution in [2.45, 2.75) is 57.4 Å². The number of hydrogen-bond acceptors (Lipinski definition) is 3. The van der Waals surface area contributed by atoms with E-state index in [2.05, 4.69) is 16.7 Å². The Balaban J connectivity index is 1.58. The second-order valence-electron chi connectivity index (χ2n) is 8.72. The lowest BCUT2D eigenvalue weighted by Gasteiger charge is -2.48. The van der Waals surface area contributed by atoms with E-state index >= 15 is 0 Å². The summed E-state index contributed by atoms with van der Waals surface area (Å²) in [5, 5.41) is 9.40. The number of ether oxygens (including phenoxy) is 1. The smallest absolute Gasteiger partial charge is 0.341 e. The molecule has 2 saturated carbocycles. The van der Waals surface area contributed by atoms with E-state index < -0.39 is 11.4 Å². The first-order valence-electron chi connectivity index (χ1n) is 10.2. The van der Waals surface area contributed by atoms with E-state index in [9.17, 15) is 14.7 Å². The number of nitrogens with zero attached hydrogens (tertiary/aromatic N) is 1. The van der Waals surface area contributed by atoms with Crippen molar-refractivity contribution in [1.29, 1.82) is 0 Å². The number of fused-ring (bicyclic) bond motifs is 4. The van der Waals surface area contributed by atoms with E-state index in [1.54, 1.807) is 6.20 Å². The van der Waals surface area contributed by atoms with Gasteiger partial charge in [0, 0.05) is 23.4 Å². The van der Waals surface area contributed by atoms with Crippen LogP contribution in [-0.4, -0.2) is 22.2 Å². The Morgan fingerprint density at radius 3 is 2.71 bits per heavy atom. The van der Waals surface area contributed by atoms with Crippen LogP contribution in [0.15, 0.2) is 29.2 Å². The summed E-state index contributed by atoms with van der Waals surface area (Å²) in [6.45, 7) is 2.79. The molecule has 0 atom stereocenters. The summed E-state index contributed by atoms with van der Waals surface area (Å²) < 4.78 is 8.16. The summed E-state index contributed by atoms with van der Waals surface area (Å²) in [5.41, 5.74) is 3.44. The normalized spacial score (nSPS) is 18.9. The van der Waals surface area contributed by atoms with Crippen molar-refractivity contribution >= 4 is 5.97 Å². The zero-order chi connectivity index (χ0) is 19.5. The fraction of sp³-hybridized carbons (Fsp3) is 0.478. The van der Waals surface area contributed by atoms with Gasteiger partial charge in [0.25, 0.3) is 0 Å². The Kier molecular flexibility index (Phi) is 3.90. The first kappa shape index (κ1) is 17.5. The monoisotopic (exact) mass is 379 g/mol. The Hall–Kier alpha value is -2.56. The van der Waals surface area contributed by atoms with Crippen LogP contribution in [0, 0.1) is 12.8 Å². The maximum Gasteiger partial charge on any atom is 0.341 e. The van der Waals surface area contributed by atoms with Gasteiger partial charge in [0.2, 0.25) is 0 Å². The molecule has 1 N–H and O–H groups in total. The summed E-state index contributed by atoms with van der Waals surface area (Å²) in [6.07, 6.45) is 9.35. The number of carbonyl (C=O) groups is 1. The lowest BCUT2D eigenvalue weighted by atomic mass is 9.69. The van der Waals surface area contributed by atoms with Crippen LogP contribution in [-0.2, 0) is 12.0 Å². The van der Waals surface area contributed by atoms with E-state index in [1.807, 2.05) is 6.92 Å². The minimum absolute atomic E-state index is 0.110. The molecule has 0 saturated heterocycles. The molecule has 2 aromatic rings. The number of hydrogen-bond donors (Lipinski definition) is 1. The molecule has 5 rings (SSSR count). The third-order valence-electron chi connectivity index (χ3n) is 6.75. The second kappa shape index (κ2) is 6.23. The molecule has 2 aliphatic carbocycles. The van der Waals surface area contributed by atoms with Gasteiger partial charge in [0.1, 0.15) is 11.3 Å². The topological polar surface area (TPSA) is 68.5 Å². The maximum atomic E-state index is 12.4. The Morgan fingerprint density at radius 2 is 2.07 bits per heavy atom. The molecule has 1 aliphatic heterocycles. The minimum Gasteiger partial charge on any atom is -0.493 e. The van der Waals surface area contributed by atoms with Gasteiger partial charge in [-0.2, -0.15) is 0 Å². The van der Waals surface area contributed by atoms with Gasteiger partial charge in [-0.15, -0.1) is 0 Å². The summed E-state index contributed by atoms with van der Waals surface area (Å²) >= 11 is 0. The number of carboxylic acid groups (broad SMARTS) is 1. The van der Waals surface area contributed by atoms with Crippen LogP contribution in [0.1, 0.15) is 60.0 Å². The fourth-order valence-corrected chi connectivity index (χ4v) is 4.75. The van der Waals surface area contributed by atoms with Crippen molar-refractivity contribution in [1.82, 2.24) is 4.57 Å². The molecular weight excluding hydrogens is 354 g/mol. The summed E-state index contributed by atoms with van der Waals surface area (Å²) in [6, 6.07) is 5.75. The third-order valence-corrected chi connectivity index (χ3v) is 6.75. The number of aryl methyl sites for hydroxylation is 1. The highest BCUT2D eigenvalue weighted by Crippen LogP contribution is 2.49. The third kappa shape index (κ3) is 2.76. The molecule has 2 heterocycles. The molecule has 5 heteroatoms. The fourth-order valence-electron chi connectivity index (χ4n) is 4.75. The van der Waals surface area contributed by atoms with Gasteiger partial charge in [-0.3, -0.25) is 4.79 Å². The molecule has 0 radical (unpaired) electrons. The molecule has 1 spiro atoms. The zero-order valence-electron chi connectivity index (χ0n) is 16.2. The lowest BCUT2D eigenvalue weighted by Crippen LogP contribution is -2.46. The van der Waals surface area contributed by atoms with Crippen molar-refractivity contribution in [3.05, 3.63) is 51.3 Å². The lowest BCUT2D eigenvalue weighted by molar-refractivity contribution is 0.0691. The number of carboxylic acids is 1. The van der Waals surface area contributed by atoms with E-state index in [4.69, 9.17) is 4.74 Å². The predicted molar refractivity (Wildman–Crippen MR) is 106 cm³/mol. The van der Waals surface area contributed by atoms with Gasteiger partial charge in [0.05, 0.1) is 12.3 Å². The molecule has 2 fully saturated rings. The van der Waals surface area contributed by atoms with E-state index in [1.165, 1.54) is 24.5 Å². The highest BCUT2D eigenvalue weighted by Gasteiger charge is 2.43. The Bertz CT molecular complexity index is 1030. The molecule has 0 bridgehead atoms. The number of benzene rings is 1. The highest BCUT2D eigenvalue weighted by molar-refractivity contribution is 5.88. The van der Waals surface area contributed by atoms with Crippen LogP contribution >= 0.6 is 0 Å². The number of rotatable bonds is 5. The second-order valence-corrected chi connectivity index (χ2v) is 8.72. The Morgan fingerprint density at radius 1 is 1.29 bits per heavy atom. The molecule has 3 aliphatic rings. The summed E-state index contributed by atoms with van der Waals surface area (Å²) in [4.78, 5) is 23.9. The van der Waals surface area contributed by atoms with Crippen LogP contribution in [0.3, 0.4) is 0 Å². The van der Waals surface area contributed by atoms with Gasteiger partial charge < -0.3 is 14.4 Å². The maximum absolute atomic E-state index is 12.4. The minimum atomic E-state index is -1.16. The van der Waals surface area contributed by atoms with E-state index in [0.717, 1.165) is 67.2 Å². The summed E-state index contributed by atoms with van der Waals surface area (Å²) in [7, 11) is 0. The first-order valence-corrected chi connectivity index (χ1v) is 10.2. The van der Waals surface area contributed by atoms with Crippen LogP contribution < -0.4 is 10.2 Å². The van der Waals surface area contributed by atoms with Crippen LogP contribution in [0.5, 0.6) is 5.75 Å². The zero-order valence-corrected chi connectivity index (χ0v) is 16.2. The molecule has 28 heavy (non-hydrogen) atoms. The van der Waals surface area contributed by atoms with Crippen LogP contribution in [0.25, 0.3) is 11.3 Å². The molecule has 0 unspecified atom stereocenters. The van der Waals surface area contributed by atoms with Crippen LogP contribution in [0.2, 0.25) is 0 Å². The molecule has 1 aromatic carbocycles. The molecule has 5 nitrogen and oxygen atoms in total. The largest absolute Gasteiger partial charge is 0.493 e. The Labute approximate surface area is 164 Å². The number of aromatic carboxylic acids is 1. The van der Waals surface area contributed by atoms with Gasteiger partial charge in [-0.1, -0.05) is 12.8 Å². The van der Waals surface area contributed by atoms with Crippen LogP contribution in [0.4, 0.5) is 0 Å². The first-order chi connectivity index (χ1) is 13.5. The average Bonchev–Trinajstić information content (AvgIpc) is 3.44. The van der Waals surface area contributed by atoms with Crippen molar-refractivity contribution < 1.29 is 14.6 Å². The van der Waals surface area contributed by atoms with E-state index in [0.29, 0.717) is 0 Å². The van der Waals surface area contributed by atoms with Gasteiger partial charge in [-0.05, 0) is 68.2 Å². The number of pyridine rings is 1. The highest BCUT2D eigenvalue weighted by atomic mass is 16.5. The average molecular weight is 379 g/mol. The quantitative estimate of drug-likeness (QED) is 0.848. The molecule has 1 aromatic heterocycles. The van der Waals surface area contributed by atoms with Crippen molar-refractivity contribution in [3.63, 3.8) is 0 Å². The number of aromatic nitrogens is 1. The van der Waals surface area contributed by atoms with Crippen molar-refractivity contribution in [2.24, 2.45) is 5.92 Å². The standard InChI is InChI=1S/C23H25NO4/c1-14-9-17-16(10-21(14)28-8-5-15-3-4-15)12-23(6-2-7-23)24-13-18(22(26)27)20(25)11-19(17)24/h9-11,13,15H,2-8,12H2,1H3,(H,26,27). The van der Waals surface area contributed by atoms with Crippen molar-refractivity contribution in [3.8, 4) is 17.0 Å². The van der Waals surface area contributed by atoms with Gasteiger partial charge in [-0.25, -0.2) is 4.79 Å². The predicted octanol–water partition coefficient (Wildman–Crippen LogP) is 4.14. The molecule has 0 amide bonds.